The van der Waals surface area contributed by atoms with E-state index < -0.39 is 22.3 Å². The van der Waals surface area contributed by atoms with E-state index in [9.17, 15) is 14.4 Å². The first-order chi connectivity index (χ1) is 12.2. The summed E-state index contributed by atoms with van der Waals surface area (Å²) in [6.07, 6.45) is 0. The molecule has 0 spiro atoms. The quantitative estimate of drug-likeness (QED) is 0.525. The number of nitrogens with two attached hydrogens (primary N) is 1. The maximum atomic E-state index is 12.8. The Morgan fingerprint density at radius 2 is 1.96 bits per heavy atom. The Labute approximate surface area is 153 Å². The SMILES string of the molecule is Cc1ccc2nc(S[C@H](C)C(=O)c3c(N)n(C)c(=O)n(C)c3=O)[nH]c2c1. The van der Waals surface area contributed by atoms with Crippen molar-refractivity contribution in [1.82, 2.24) is 19.1 Å². The van der Waals surface area contributed by atoms with Crippen LogP contribution in [0.3, 0.4) is 0 Å². The highest BCUT2D eigenvalue weighted by atomic mass is 32.2. The van der Waals surface area contributed by atoms with E-state index in [0.717, 1.165) is 25.7 Å². The van der Waals surface area contributed by atoms with E-state index in [1.807, 2.05) is 25.1 Å². The second-order valence-electron chi connectivity index (χ2n) is 6.15. The van der Waals surface area contributed by atoms with Gasteiger partial charge in [0, 0.05) is 14.1 Å². The summed E-state index contributed by atoms with van der Waals surface area (Å²) in [6, 6.07) is 5.83. The summed E-state index contributed by atoms with van der Waals surface area (Å²) in [7, 11) is 2.74. The molecule has 3 N–H and O–H groups in total. The molecule has 0 fully saturated rings. The summed E-state index contributed by atoms with van der Waals surface area (Å²) < 4.78 is 1.97. The number of aryl methyl sites for hydroxylation is 1. The number of ketones is 1. The van der Waals surface area contributed by atoms with Crippen molar-refractivity contribution >= 4 is 34.4 Å². The van der Waals surface area contributed by atoms with Gasteiger partial charge in [-0.3, -0.25) is 18.7 Å². The largest absolute Gasteiger partial charge is 0.384 e. The summed E-state index contributed by atoms with van der Waals surface area (Å²) >= 11 is 1.20. The van der Waals surface area contributed by atoms with Crippen LogP contribution in [-0.4, -0.2) is 30.1 Å². The molecule has 0 amide bonds. The Hall–Kier alpha value is -2.81. The molecule has 9 heteroatoms. The molecule has 0 aliphatic rings. The number of nitrogens with zero attached hydrogens (tertiary/aromatic N) is 3. The van der Waals surface area contributed by atoms with Gasteiger partial charge in [0.1, 0.15) is 11.4 Å². The Bertz CT molecular complexity index is 1140. The lowest BCUT2D eigenvalue weighted by Crippen LogP contribution is -2.42. The van der Waals surface area contributed by atoms with E-state index >= 15 is 0 Å². The van der Waals surface area contributed by atoms with E-state index in [-0.39, 0.29) is 11.4 Å². The van der Waals surface area contributed by atoms with Crippen molar-refractivity contribution in [3.05, 3.63) is 50.2 Å². The fraction of sp³-hybridized carbons (Fsp3) is 0.294. The zero-order valence-electron chi connectivity index (χ0n) is 14.9. The third kappa shape index (κ3) is 2.94. The molecular formula is C17H19N5O3S. The molecule has 26 heavy (non-hydrogen) atoms. The van der Waals surface area contributed by atoms with Crippen LogP contribution in [0, 0.1) is 6.92 Å². The first kappa shape index (κ1) is 18.0. The number of hydrogen-bond donors (Lipinski definition) is 2. The molecule has 0 aliphatic carbocycles. The summed E-state index contributed by atoms with van der Waals surface area (Å²) in [6.45, 7) is 3.66. The minimum atomic E-state index is -0.691. The van der Waals surface area contributed by atoms with Gasteiger partial charge in [-0.05, 0) is 31.5 Å². The van der Waals surface area contributed by atoms with E-state index in [4.69, 9.17) is 5.73 Å². The Morgan fingerprint density at radius 1 is 1.27 bits per heavy atom. The molecule has 2 aromatic heterocycles. The van der Waals surface area contributed by atoms with Crippen LogP contribution in [-0.2, 0) is 14.1 Å². The first-order valence-electron chi connectivity index (χ1n) is 7.93. The number of imidazole rings is 1. The van der Waals surface area contributed by atoms with Crippen LogP contribution in [0.1, 0.15) is 22.8 Å². The number of thioether (sulfide) groups is 1. The lowest BCUT2D eigenvalue weighted by Gasteiger charge is -2.13. The van der Waals surface area contributed by atoms with Crippen molar-refractivity contribution in [3.8, 4) is 0 Å². The molecule has 0 saturated carbocycles. The number of aromatic nitrogens is 4. The molecule has 0 saturated heterocycles. The molecule has 2 heterocycles. The van der Waals surface area contributed by atoms with Crippen molar-refractivity contribution in [2.45, 2.75) is 24.3 Å². The van der Waals surface area contributed by atoms with Crippen LogP contribution >= 0.6 is 11.8 Å². The Morgan fingerprint density at radius 3 is 2.65 bits per heavy atom. The van der Waals surface area contributed by atoms with Gasteiger partial charge in [-0.2, -0.15) is 0 Å². The maximum absolute atomic E-state index is 12.8. The predicted molar refractivity (Wildman–Crippen MR) is 102 cm³/mol. The molecule has 0 aliphatic heterocycles. The second kappa shape index (κ2) is 6.49. The van der Waals surface area contributed by atoms with E-state index in [2.05, 4.69) is 9.97 Å². The highest BCUT2D eigenvalue weighted by Gasteiger charge is 2.26. The van der Waals surface area contributed by atoms with Crippen LogP contribution < -0.4 is 17.0 Å². The number of H-pyrrole nitrogens is 1. The normalized spacial score (nSPS) is 12.5. The summed E-state index contributed by atoms with van der Waals surface area (Å²) in [5.74, 6) is -0.573. The number of anilines is 1. The van der Waals surface area contributed by atoms with Gasteiger partial charge in [-0.1, -0.05) is 17.8 Å². The monoisotopic (exact) mass is 373 g/mol. The van der Waals surface area contributed by atoms with Gasteiger partial charge in [0.2, 0.25) is 0 Å². The molecule has 0 radical (unpaired) electrons. The number of rotatable bonds is 4. The van der Waals surface area contributed by atoms with E-state index in [1.54, 1.807) is 6.92 Å². The van der Waals surface area contributed by atoms with Crippen molar-refractivity contribution in [1.29, 1.82) is 0 Å². The topological polar surface area (TPSA) is 116 Å². The molecule has 3 aromatic rings. The third-order valence-electron chi connectivity index (χ3n) is 4.23. The summed E-state index contributed by atoms with van der Waals surface area (Å²) in [5, 5.41) is -0.0316. The van der Waals surface area contributed by atoms with Gasteiger partial charge in [-0.25, -0.2) is 9.78 Å². The Kier molecular flexibility index (Phi) is 4.49. The lowest BCUT2D eigenvalue weighted by molar-refractivity contribution is 0.0992. The average Bonchev–Trinajstić information content (AvgIpc) is 2.99. The summed E-state index contributed by atoms with van der Waals surface area (Å²) in [4.78, 5) is 44.7. The number of benzene rings is 1. The van der Waals surface area contributed by atoms with Gasteiger partial charge < -0.3 is 10.7 Å². The molecule has 1 atom stereocenters. The number of nitrogens with one attached hydrogen (secondary N) is 1. The molecular weight excluding hydrogens is 354 g/mol. The summed E-state index contributed by atoms with van der Waals surface area (Å²) in [5.41, 5.74) is 7.20. The lowest BCUT2D eigenvalue weighted by atomic mass is 10.1. The number of carbonyl (C=O) groups is 1. The van der Waals surface area contributed by atoms with E-state index in [0.29, 0.717) is 5.16 Å². The van der Waals surface area contributed by atoms with Crippen LogP contribution in [0.2, 0.25) is 0 Å². The fourth-order valence-electron chi connectivity index (χ4n) is 2.67. The highest BCUT2D eigenvalue weighted by molar-refractivity contribution is 8.00. The number of fused-ring (bicyclic) bond motifs is 1. The average molecular weight is 373 g/mol. The number of aromatic amines is 1. The highest BCUT2D eigenvalue weighted by Crippen LogP contribution is 2.26. The van der Waals surface area contributed by atoms with E-state index in [1.165, 1.54) is 25.9 Å². The zero-order chi connectivity index (χ0) is 19.2. The zero-order valence-corrected chi connectivity index (χ0v) is 15.7. The predicted octanol–water partition coefficient (Wildman–Crippen LogP) is 1.21. The van der Waals surface area contributed by atoms with Gasteiger partial charge >= 0.3 is 5.69 Å². The number of carbonyl (C=O) groups excluding carboxylic acids is 1. The standard InChI is InChI=1S/C17H19N5O3S/c1-8-5-6-10-11(7-8)20-16(19-10)26-9(2)13(23)12-14(18)21(3)17(25)22(4)15(12)24/h5-7,9H,18H2,1-4H3,(H,19,20)/t9-/m1/s1. The van der Waals surface area contributed by atoms with Crippen LogP contribution in [0.25, 0.3) is 11.0 Å². The van der Waals surface area contributed by atoms with Gasteiger partial charge in [0.05, 0.1) is 16.3 Å². The molecule has 8 nitrogen and oxygen atoms in total. The Balaban J connectivity index is 1.95. The smallest absolute Gasteiger partial charge is 0.332 e. The molecule has 0 unspecified atom stereocenters. The number of hydrogen-bond acceptors (Lipinski definition) is 6. The minimum absolute atomic E-state index is 0.129. The van der Waals surface area contributed by atoms with Crippen LogP contribution in [0.5, 0.6) is 0 Å². The fourth-order valence-corrected chi connectivity index (χ4v) is 3.55. The number of nitrogen functional groups attached to an aromatic ring is 1. The molecule has 3 rings (SSSR count). The maximum Gasteiger partial charge on any atom is 0.332 e. The van der Waals surface area contributed by atoms with Gasteiger partial charge in [-0.15, -0.1) is 0 Å². The molecule has 0 bridgehead atoms. The third-order valence-corrected chi connectivity index (χ3v) is 5.21. The van der Waals surface area contributed by atoms with Crippen LogP contribution in [0.4, 0.5) is 5.82 Å². The molecule has 136 valence electrons. The minimum Gasteiger partial charge on any atom is -0.384 e. The van der Waals surface area contributed by atoms with Gasteiger partial charge in [0.15, 0.2) is 10.9 Å². The van der Waals surface area contributed by atoms with Crippen molar-refractivity contribution in [2.24, 2.45) is 14.1 Å². The second-order valence-corrected chi connectivity index (χ2v) is 7.48. The molecule has 1 aromatic carbocycles. The van der Waals surface area contributed by atoms with Crippen molar-refractivity contribution < 1.29 is 4.79 Å². The number of Topliss-reactive ketones (excluding diaryl/α,β-unsaturated/α-hetero) is 1. The van der Waals surface area contributed by atoms with Crippen LogP contribution in [0.15, 0.2) is 32.9 Å². The van der Waals surface area contributed by atoms with Crippen molar-refractivity contribution in [2.75, 3.05) is 5.73 Å². The van der Waals surface area contributed by atoms with Crippen molar-refractivity contribution in [3.63, 3.8) is 0 Å². The van der Waals surface area contributed by atoms with Gasteiger partial charge in [0.25, 0.3) is 5.56 Å². The first-order valence-corrected chi connectivity index (χ1v) is 8.81.